The molecule has 4 heteroatoms. The van der Waals surface area contributed by atoms with Gasteiger partial charge in [0.2, 0.25) is 0 Å². The minimum absolute atomic E-state index is 0.00537. The van der Waals surface area contributed by atoms with Crippen molar-refractivity contribution in [3.05, 3.63) is 22.9 Å². The van der Waals surface area contributed by atoms with Crippen LogP contribution in [0.4, 0.5) is 0 Å². The highest BCUT2D eigenvalue weighted by Crippen LogP contribution is 2.33. The Morgan fingerprint density at radius 3 is 2.56 bits per heavy atom. The predicted molar refractivity (Wildman–Crippen MR) is 62.4 cm³/mol. The van der Waals surface area contributed by atoms with Crippen molar-refractivity contribution in [3.63, 3.8) is 0 Å². The molecule has 1 unspecified atom stereocenters. The van der Waals surface area contributed by atoms with Gasteiger partial charge in [-0.05, 0) is 18.3 Å². The molecule has 0 saturated heterocycles. The Morgan fingerprint density at radius 1 is 1.44 bits per heavy atom. The molecule has 1 saturated carbocycles. The second kappa shape index (κ2) is 3.77. The molecule has 16 heavy (non-hydrogen) atoms. The van der Waals surface area contributed by atoms with Crippen molar-refractivity contribution in [2.24, 2.45) is 5.41 Å². The summed E-state index contributed by atoms with van der Waals surface area (Å²) in [6.07, 6.45) is 5.31. The third kappa shape index (κ3) is 2.21. The van der Waals surface area contributed by atoms with Gasteiger partial charge >= 0.3 is 5.69 Å². The Labute approximate surface area is 95.5 Å². The summed E-state index contributed by atoms with van der Waals surface area (Å²) in [6, 6.07) is 0.403. The van der Waals surface area contributed by atoms with Crippen molar-refractivity contribution < 1.29 is 5.11 Å². The number of aromatic nitrogens is 2. The average Bonchev–Trinajstić information content (AvgIpc) is 2.93. The predicted octanol–water partition coefficient (Wildman–Crippen LogP) is 1.39. The van der Waals surface area contributed by atoms with E-state index < -0.39 is 6.10 Å². The molecule has 1 aliphatic carbocycles. The fourth-order valence-electron chi connectivity index (χ4n) is 1.66. The lowest BCUT2D eigenvalue weighted by atomic mass is 9.89. The molecule has 0 bridgehead atoms. The molecule has 1 atom stereocenters. The van der Waals surface area contributed by atoms with Gasteiger partial charge in [0.1, 0.15) is 0 Å². The summed E-state index contributed by atoms with van der Waals surface area (Å²) in [5.41, 5.74) is -0.188. The summed E-state index contributed by atoms with van der Waals surface area (Å²) in [4.78, 5) is 11.9. The van der Waals surface area contributed by atoms with Crippen molar-refractivity contribution in [3.8, 4) is 0 Å². The average molecular weight is 224 g/mol. The molecule has 1 aliphatic rings. The molecular formula is C12H20N2O2. The summed E-state index contributed by atoms with van der Waals surface area (Å²) in [6.45, 7) is 6.30. The van der Waals surface area contributed by atoms with Gasteiger partial charge in [-0.25, -0.2) is 4.79 Å². The molecule has 0 aliphatic heterocycles. The maximum absolute atomic E-state index is 11.9. The van der Waals surface area contributed by atoms with Gasteiger partial charge in [0.05, 0.1) is 12.6 Å². The SMILES string of the molecule is CC(C)(C)C(O)Cn1ccn(C2CC2)c1=O. The van der Waals surface area contributed by atoms with Crippen LogP contribution in [0.1, 0.15) is 39.7 Å². The van der Waals surface area contributed by atoms with Crippen molar-refractivity contribution in [2.75, 3.05) is 0 Å². The minimum Gasteiger partial charge on any atom is -0.391 e. The molecule has 1 N–H and O–H groups in total. The maximum atomic E-state index is 11.9. The first-order valence-electron chi connectivity index (χ1n) is 5.85. The number of imidazole rings is 1. The zero-order chi connectivity index (χ0) is 11.9. The van der Waals surface area contributed by atoms with E-state index in [4.69, 9.17) is 0 Å². The number of hydrogen-bond acceptors (Lipinski definition) is 2. The van der Waals surface area contributed by atoms with Gasteiger partial charge in [0.15, 0.2) is 0 Å². The molecule has 2 rings (SSSR count). The Balaban J connectivity index is 2.13. The van der Waals surface area contributed by atoms with E-state index in [0.29, 0.717) is 12.6 Å². The van der Waals surface area contributed by atoms with Crippen LogP contribution in [0.2, 0.25) is 0 Å². The Kier molecular flexibility index (Phi) is 2.70. The molecular weight excluding hydrogens is 204 g/mol. The van der Waals surface area contributed by atoms with Crippen LogP contribution < -0.4 is 5.69 Å². The highest BCUT2D eigenvalue weighted by molar-refractivity contribution is 4.92. The number of hydrogen-bond donors (Lipinski definition) is 1. The van der Waals surface area contributed by atoms with E-state index in [1.807, 2.05) is 27.0 Å². The van der Waals surface area contributed by atoms with Gasteiger partial charge in [0.25, 0.3) is 0 Å². The Morgan fingerprint density at radius 2 is 2.06 bits per heavy atom. The molecule has 1 fully saturated rings. The summed E-state index contributed by atoms with van der Waals surface area (Å²) in [5, 5.41) is 9.96. The molecule has 1 aromatic heterocycles. The van der Waals surface area contributed by atoms with Gasteiger partial charge in [-0.15, -0.1) is 0 Å². The van der Waals surface area contributed by atoms with E-state index in [1.54, 1.807) is 15.3 Å². The molecule has 0 radical (unpaired) electrons. The Bertz CT molecular complexity index is 421. The lowest BCUT2D eigenvalue weighted by molar-refractivity contribution is 0.0471. The van der Waals surface area contributed by atoms with Crippen LogP contribution in [-0.2, 0) is 6.54 Å². The molecule has 0 amide bonds. The smallest absolute Gasteiger partial charge is 0.328 e. The topological polar surface area (TPSA) is 47.2 Å². The van der Waals surface area contributed by atoms with Crippen LogP contribution in [0, 0.1) is 5.41 Å². The zero-order valence-corrected chi connectivity index (χ0v) is 10.2. The van der Waals surface area contributed by atoms with Gasteiger partial charge in [-0.3, -0.25) is 9.13 Å². The fraction of sp³-hybridized carbons (Fsp3) is 0.750. The molecule has 1 aromatic rings. The standard InChI is InChI=1S/C12H20N2O2/c1-12(2,3)10(15)8-13-6-7-14(11(13)16)9-4-5-9/h6-7,9-10,15H,4-5,8H2,1-3H3. The fourth-order valence-corrected chi connectivity index (χ4v) is 1.66. The maximum Gasteiger partial charge on any atom is 0.328 e. The van der Waals surface area contributed by atoms with E-state index >= 15 is 0 Å². The third-order valence-corrected chi connectivity index (χ3v) is 3.18. The van der Waals surface area contributed by atoms with E-state index in [-0.39, 0.29) is 11.1 Å². The summed E-state index contributed by atoms with van der Waals surface area (Å²) in [5.74, 6) is 0. The van der Waals surface area contributed by atoms with E-state index in [1.165, 1.54) is 0 Å². The first kappa shape index (κ1) is 11.5. The molecule has 0 spiro atoms. The minimum atomic E-state index is -0.500. The quantitative estimate of drug-likeness (QED) is 0.843. The molecule has 1 heterocycles. The van der Waals surface area contributed by atoms with Crippen LogP contribution in [0.25, 0.3) is 0 Å². The van der Waals surface area contributed by atoms with Crippen molar-refractivity contribution in [1.29, 1.82) is 0 Å². The number of aliphatic hydroxyl groups is 1. The molecule has 4 nitrogen and oxygen atoms in total. The lowest BCUT2D eigenvalue weighted by Gasteiger charge is -2.25. The first-order valence-corrected chi connectivity index (χ1v) is 5.85. The van der Waals surface area contributed by atoms with Crippen LogP contribution in [0.15, 0.2) is 17.2 Å². The highest BCUT2D eigenvalue weighted by Gasteiger charge is 2.27. The number of nitrogens with zero attached hydrogens (tertiary/aromatic N) is 2. The lowest BCUT2D eigenvalue weighted by Crippen LogP contribution is -2.35. The van der Waals surface area contributed by atoms with E-state index in [0.717, 1.165) is 12.8 Å². The summed E-state index contributed by atoms with van der Waals surface area (Å²) >= 11 is 0. The van der Waals surface area contributed by atoms with E-state index in [2.05, 4.69) is 0 Å². The largest absolute Gasteiger partial charge is 0.391 e. The van der Waals surface area contributed by atoms with Gasteiger partial charge in [-0.2, -0.15) is 0 Å². The van der Waals surface area contributed by atoms with Crippen LogP contribution in [-0.4, -0.2) is 20.3 Å². The number of rotatable bonds is 3. The third-order valence-electron chi connectivity index (χ3n) is 3.18. The van der Waals surface area contributed by atoms with Gasteiger partial charge in [-0.1, -0.05) is 20.8 Å². The Hall–Kier alpha value is -1.03. The van der Waals surface area contributed by atoms with E-state index in [9.17, 15) is 9.90 Å². The molecule has 0 aromatic carbocycles. The summed E-state index contributed by atoms with van der Waals surface area (Å²) < 4.78 is 3.38. The highest BCUT2D eigenvalue weighted by atomic mass is 16.3. The zero-order valence-electron chi connectivity index (χ0n) is 10.2. The first-order chi connectivity index (χ1) is 7.39. The van der Waals surface area contributed by atoms with Gasteiger partial charge < -0.3 is 5.11 Å². The summed E-state index contributed by atoms with van der Waals surface area (Å²) in [7, 11) is 0. The van der Waals surface area contributed by atoms with Crippen LogP contribution >= 0.6 is 0 Å². The normalized spacial score (nSPS) is 18.8. The monoisotopic (exact) mass is 224 g/mol. The van der Waals surface area contributed by atoms with Crippen molar-refractivity contribution in [2.45, 2.75) is 52.3 Å². The van der Waals surface area contributed by atoms with Crippen molar-refractivity contribution >= 4 is 0 Å². The number of aliphatic hydroxyl groups excluding tert-OH is 1. The van der Waals surface area contributed by atoms with Crippen LogP contribution in [0.3, 0.4) is 0 Å². The van der Waals surface area contributed by atoms with Crippen LogP contribution in [0.5, 0.6) is 0 Å². The second-order valence-corrected chi connectivity index (χ2v) is 5.75. The molecule has 90 valence electrons. The second-order valence-electron chi connectivity index (χ2n) is 5.75. The van der Waals surface area contributed by atoms with Gasteiger partial charge in [0, 0.05) is 18.4 Å². The van der Waals surface area contributed by atoms with Crippen molar-refractivity contribution in [1.82, 2.24) is 9.13 Å².